The fourth-order valence-electron chi connectivity index (χ4n) is 2.10. The zero-order chi connectivity index (χ0) is 12.5. The SMILES string of the molecule is O=c1cc(N2CCOCC2)[nH]c2c(Cl)nccc12. The van der Waals surface area contributed by atoms with E-state index >= 15 is 0 Å². The van der Waals surface area contributed by atoms with Crippen LogP contribution in [0.2, 0.25) is 5.15 Å². The normalized spacial score (nSPS) is 16.2. The van der Waals surface area contributed by atoms with E-state index in [4.69, 9.17) is 16.3 Å². The number of aromatic amines is 1. The molecule has 0 radical (unpaired) electrons. The third kappa shape index (κ3) is 1.95. The minimum atomic E-state index is -0.0467. The summed E-state index contributed by atoms with van der Waals surface area (Å²) in [5.74, 6) is 0.769. The fourth-order valence-corrected chi connectivity index (χ4v) is 2.31. The van der Waals surface area contributed by atoms with Gasteiger partial charge in [-0.2, -0.15) is 0 Å². The molecule has 18 heavy (non-hydrogen) atoms. The molecule has 5 nitrogen and oxygen atoms in total. The average molecular weight is 266 g/mol. The molecule has 1 aliphatic rings. The first-order chi connectivity index (χ1) is 8.75. The van der Waals surface area contributed by atoms with E-state index in [0.29, 0.717) is 29.3 Å². The van der Waals surface area contributed by atoms with Crippen LogP contribution in [0.4, 0.5) is 5.82 Å². The number of pyridine rings is 2. The van der Waals surface area contributed by atoms with E-state index in [1.165, 1.54) is 6.20 Å². The highest BCUT2D eigenvalue weighted by atomic mass is 35.5. The average Bonchev–Trinajstić information content (AvgIpc) is 2.41. The summed E-state index contributed by atoms with van der Waals surface area (Å²) in [6.45, 7) is 2.86. The van der Waals surface area contributed by atoms with Crippen LogP contribution >= 0.6 is 11.6 Å². The Morgan fingerprint density at radius 1 is 1.39 bits per heavy atom. The Balaban J connectivity index is 2.14. The van der Waals surface area contributed by atoms with E-state index in [0.717, 1.165) is 18.9 Å². The number of fused-ring (bicyclic) bond motifs is 1. The predicted molar refractivity (Wildman–Crippen MR) is 70.4 cm³/mol. The lowest BCUT2D eigenvalue weighted by Crippen LogP contribution is -2.37. The lowest BCUT2D eigenvalue weighted by molar-refractivity contribution is 0.122. The maximum absolute atomic E-state index is 12.0. The van der Waals surface area contributed by atoms with Gasteiger partial charge >= 0.3 is 0 Å². The third-order valence-electron chi connectivity index (χ3n) is 3.04. The monoisotopic (exact) mass is 265 g/mol. The van der Waals surface area contributed by atoms with Crippen molar-refractivity contribution < 1.29 is 4.74 Å². The fraction of sp³-hybridized carbons (Fsp3) is 0.333. The molecule has 2 aromatic rings. The first kappa shape index (κ1) is 11.5. The molecule has 6 heteroatoms. The first-order valence-electron chi connectivity index (χ1n) is 5.76. The van der Waals surface area contributed by atoms with Crippen LogP contribution in [0, 0.1) is 0 Å². The Morgan fingerprint density at radius 3 is 2.94 bits per heavy atom. The van der Waals surface area contributed by atoms with Gasteiger partial charge in [0.2, 0.25) is 0 Å². The quantitative estimate of drug-likeness (QED) is 0.792. The van der Waals surface area contributed by atoms with Crippen LogP contribution in [0.25, 0.3) is 10.9 Å². The predicted octanol–water partition coefficient (Wildman–Crippen LogP) is 1.41. The second-order valence-electron chi connectivity index (χ2n) is 4.14. The Hall–Kier alpha value is -1.59. The van der Waals surface area contributed by atoms with E-state index in [2.05, 4.69) is 14.9 Å². The molecule has 0 aliphatic carbocycles. The molecule has 0 saturated carbocycles. The van der Waals surface area contributed by atoms with Crippen LogP contribution in [0.1, 0.15) is 0 Å². The molecule has 1 saturated heterocycles. The summed E-state index contributed by atoms with van der Waals surface area (Å²) in [6, 6.07) is 3.27. The molecule has 0 amide bonds. The first-order valence-corrected chi connectivity index (χ1v) is 6.14. The number of H-pyrrole nitrogens is 1. The zero-order valence-electron chi connectivity index (χ0n) is 9.65. The highest BCUT2D eigenvalue weighted by Gasteiger charge is 2.14. The Kier molecular flexibility index (Phi) is 2.93. The Labute approximate surface area is 108 Å². The molecule has 3 heterocycles. The van der Waals surface area contributed by atoms with Crippen molar-refractivity contribution >= 4 is 28.3 Å². The van der Waals surface area contributed by atoms with Crippen LogP contribution in [-0.4, -0.2) is 36.3 Å². The number of hydrogen-bond donors (Lipinski definition) is 1. The van der Waals surface area contributed by atoms with E-state index in [9.17, 15) is 4.79 Å². The van der Waals surface area contributed by atoms with Crippen molar-refractivity contribution in [2.45, 2.75) is 0 Å². The number of nitrogens with one attached hydrogen (secondary N) is 1. The zero-order valence-corrected chi connectivity index (χ0v) is 10.4. The number of halogens is 1. The van der Waals surface area contributed by atoms with Gasteiger partial charge in [0, 0.05) is 25.4 Å². The topological polar surface area (TPSA) is 58.2 Å². The van der Waals surface area contributed by atoms with Crippen molar-refractivity contribution in [2.75, 3.05) is 31.2 Å². The van der Waals surface area contributed by atoms with Gasteiger partial charge in [0.25, 0.3) is 0 Å². The Bertz CT molecular complexity index is 635. The molecule has 2 aromatic heterocycles. The number of rotatable bonds is 1. The molecule has 1 N–H and O–H groups in total. The van der Waals surface area contributed by atoms with Gasteiger partial charge in [-0.3, -0.25) is 4.79 Å². The lowest BCUT2D eigenvalue weighted by Gasteiger charge is -2.28. The maximum atomic E-state index is 12.0. The maximum Gasteiger partial charge on any atom is 0.191 e. The van der Waals surface area contributed by atoms with Gasteiger partial charge in [0.05, 0.1) is 24.1 Å². The number of aromatic nitrogens is 2. The standard InChI is InChI=1S/C12H12ClN3O2/c13-12-11-8(1-2-14-12)9(17)7-10(15-11)16-3-5-18-6-4-16/h1-2,7H,3-6H2,(H,15,17). The van der Waals surface area contributed by atoms with Crippen molar-refractivity contribution in [1.29, 1.82) is 0 Å². The Morgan fingerprint density at radius 2 is 2.17 bits per heavy atom. The van der Waals surface area contributed by atoms with Crippen LogP contribution in [0.3, 0.4) is 0 Å². The van der Waals surface area contributed by atoms with E-state index < -0.39 is 0 Å². The van der Waals surface area contributed by atoms with Gasteiger partial charge in [0.1, 0.15) is 5.82 Å². The molecule has 0 unspecified atom stereocenters. The number of ether oxygens (including phenoxy) is 1. The highest BCUT2D eigenvalue weighted by Crippen LogP contribution is 2.20. The lowest BCUT2D eigenvalue weighted by atomic mass is 10.2. The smallest absolute Gasteiger partial charge is 0.191 e. The van der Waals surface area contributed by atoms with Crippen molar-refractivity contribution in [1.82, 2.24) is 9.97 Å². The number of nitrogens with zero attached hydrogens (tertiary/aromatic N) is 2. The van der Waals surface area contributed by atoms with Crippen LogP contribution < -0.4 is 10.3 Å². The number of morpholine rings is 1. The summed E-state index contributed by atoms with van der Waals surface area (Å²) in [7, 11) is 0. The van der Waals surface area contributed by atoms with Crippen molar-refractivity contribution in [3.05, 3.63) is 33.7 Å². The van der Waals surface area contributed by atoms with Crippen molar-refractivity contribution in [2.24, 2.45) is 0 Å². The molecule has 0 atom stereocenters. The molecule has 0 spiro atoms. The van der Waals surface area contributed by atoms with Crippen LogP contribution in [0.5, 0.6) is 0 Å². The van der Waals surface area contributed by atoms with Gasteiger partial charge in [-0.25, -0.2) is 4.98 Å². The van der Waals surface area contributed by atoms with Crippen LogP contribution in [0.15, 0.2) is 23.1 Å². The summed E-state index contributed by atoms with van der Waals surface area (Å²) >= 11 is 6.02. The van der Waals surface area contributed by atoms with Gasteiger partial charge in [-0.05, 0) is 6.07 Å². The summed E-state index contributed by atoms with van der Waals surface area (Å²) in [5, 5.41) is 0.881. The summed E-state index contributed by atoms with van der Waals surface area (Å²) in [5.41, 5.74) is 0.544. The molecule has 0 bridgehead atoms. The second-order valence-corrected chi connectivity index (χ2v) is 4.50. The van der Waals surface area contributed by atoms with Gasteiger partial charge in [-0.15, -0.1) is 0 Å². The minimum Gasteiger partial charge on any atom is -0.378 e. The van der Waals surface area contributed by atoms with Crippen molar-refractivity contribution in [3.63, 3.8) is 0 Å². The third-order valence-corrected chi connectivity index (χ3v) is 3.33. The largest absolute Gasteiger partial charge is 0.378 e. The molecular weight excluding hydrogens is 254 g/mol. The number of anilines is 1. The summed E-state index contributed by atoms with van der Waals surface area (Å²) < 4.78 is 5.29. The van der Waals surface area contributed by atoms with Crippen LogP contribution in [-0.2, 0) is 4.74 Å². The number of hydrogen-bond acceptors (Lipinski definition) is 4. The van der Waals surface area contributed by atoms with E-state index in [-0.39, 0.29) is 5.43 Å². The molecule has 1 aliphatic heterocycles. The highest BCUT2D eigenvalue weighted by molar-refractivity contribution is 6.33. The summed E-state index contributed by atoms with van der Waals surface area (Å²) in [6.07, 6.45) is 1.54. The van der Waals surface area contributed by atoms with Crippen molar-refractivity contribution in [3.8, 4) is 0 Å². The molecule has 1 fully saturated rings. The van der Waals surface area contributed by atoms with Gasteiger partial charge < -0.3 is 14.6 Å². The minimum absolute atomic E-state index is 0.0467. The van der Waals surface area contributed by atoms with E-state index in [1.807, 2.05) is 0 Å². The van der Waals surface area contributed by atoms with Gasteiger partial charge in [-0.1, -0.05) is 11.6 Å². The second kappa shape index (κ2) is 4.59. The summed E-state index contributed by atoms with van der Waals surface area (Å²) in [4.78, 5) is 21.3. The van der Waals surface area contributed by atoms with Gasteiger partial charge in [0.15, 0.2) is 10.6 Å². The molecule has 94 valence electrons. The molecule has 0 aromatic carbocycles. The molecular formula is C12H12ClN3O2. The van der Waals surface area contributed by atoms with E-state index in [1.54, 1.807) is 12.1 Å². The molecule has 3 rings (SSSR count).